The molecule has 0 aromatic rings. The second-order valence-corrected chi connectivity index (χ2v) is 8.02. The number of hydrogen-bond acceptors (Lipinski definition) is 5. The lowest BCUT2D eigenvalue weighted by Gasteiger charge is -2.37. The molecule has 1 saturated heterocycles. The fourth-order valence-corrected chi connectivity index (χ4v) is 4.05. The van der Waals surface area contributed by atoms with Gasteiger partial charge in [-0.2, -0.15) is 0 Å². The number of piperidine rings is 1. The lowest BCUT2D eigenvalue weighted by atomic mass is 9.93. The number of amides is 1. The van der Waals surface area contributed by atoms with Gasteiger partial charge in [-0.05, 0) is 31.9 Å². The molecule has 0 aliphatic carbocycles. The summed E-state index contributed by atoms with van der Waals surface area (Å²) in [5.74, 6) is -1.46. The molecule has 0 aromatic carbocycles. The number of aliphatic carboxylic acids is 1. The third-order valence-electron chi connectivity index (χ3n) is 4.56. The first-order chi connectivity index (χ1) is 11.3. The topological polar surface area (TPSA) is 107 Å². The maximum absolute atomic E-state index is 12.8. The van der Waals surface area contributed by atoms with Crippen LogP contribution in [0.25, 0.3) is 0 Å². The molecule has 3 aliphatic heterocycles. The minimum atomic E-state index is -3.43. The average Bonchev–Trinajstić information content (AvgIpc) is 2.53. The first kappa shape index (κ1) is 16.7. The first-order valence-corrected chi connectivity index (χ1v) is 9.41. The molecule has 2 atom stereocenters. The number of nitrogens with zero attached hydrogens (tertiary/aromatic N) is 3. The van der Waals surface area contributed by atoms with E-state index in [1.54, 1.807) is 16.0 Å². The molecule has 0 spiro atoms. The van der Waals surface area contributed by atoms with Crippen LogP contribution in [-0.2, 0) is 19.6 Å². The molecule has 1 N–H and O–H groups in total. The van der Waals surface area contributed by atoms with Crippen molar-refractivity contribution >= 4 is 27.7 Å². The molecule has 130 valence electrons. The number of carbonyl (C=O) groups is 2. The summed E-state index contributed by atoms with van der Waals surface area (Å²) in [6, 6.07) is -0.0285. The summed E-state index contributed by atoms with van der Waals surface area (Å²) in [6.45, 7) is 2.34. The van der Waals surface area contributed by atoms with Crippen LogP contribution in [0.1, 0.15) is 19.8 Å². The minimum Gasteiger partial charge on any atom is -0.481 e. The maximum atomic E-state index is 12.8. The molecular formula is C15H19N3O5S. The lowest BCUT2D eigenvalue weighted by Crippen LogP contribution is -2.48. The lowest BCUT2D eigenvalue weighted by molar-refractivity contribution is -0.146. The third-order valence-corrected chi connectivity index (χ3v) is 5.73. The van der Waals surface area contributed by atoms with Crippen LogP contribution >= 0.6 is 0 Å². The standard InChI is InChI=1S/C15H19N3O5S/c1-10-2-3-12(15(20)21)9-18(10)14(19)11-4-5-13-16-24(22,23)7-6-17(13)8-11/h4-5,8,10,12H,2-3,6-7,9H2,1H3,(H,20,21). The highest BCUT2D eigenvalue weighted by molar-refractivity contribution is 7.90. The van der Waals surface area contributed by atoms with E-state index in [-0.39, 0.29) is 30.8 Å². The van der Waals surface area contributed by atoms with Gasteiger partial charge < -0.3 is 14.9 Å². The van der Waals surface area contributed by atoms with Crippen molar-refractivity contribution in [2.24, 2.45) is 10.3 Å². The van der Waals surface area contributed by atoms with E-state index in [0.29, 0.717) is 24.3 Å². The van der Waals surface area contributed by atoms with Gasteiger partial charge in [0, 0.05) is 25.3 Å². The number of sulfonamides is 1. The summed E-state index contributed by atoms with van der Waals surface area (Å²) >= 11 is 0. The molecule has 3 aliphatic rings. The van der Waals surface area contributed by atoms with Crippen molar-refractivity contribution in [3.8, 4) is 0 Å². The van der Waals surface area contributed by atoms with Crippen LogP contribution in [0.15, 0.2) is 28.3 Å². The number of hydrogen-bond donors (Lipinski definition) is 1. The van der Waals surface area contributed by atoms with Gasteiger partial charge in [-0.3, -0.25) is 9.59 Å². The molecule has 2 unspecified atom stereocenters. The zero-order valence-electron chi connectivity index (χ0n) is 13.3. The summed E-state index contributed by atoms with van der Waals surface area (Å²) in [7, 11) is -3.43. The molecule has 24 heavy (non-hydrogen) atoms. The van der Waals surface area contributed by atoms with Gasteiger partial charge in [0.1, 0.15) is 5.84 Å². The number of likely N-dealkylation sites (tertiary alicyclic amines) is 1. The molecular weight excluding hydrogens is 334 g/mol. The quantitative estimate of drug-likeness (QED) is 0.760. The fourth-order valence-electron chi connectivity index (χ4n) is 3.08. The number of fused-ring (bicyclic) bond motifs is 1. The highest BCUT2D eigenvalue weighted by Gasteiger charge is 2.34. The SMILES string of the molecule is CC1CCC(C(=O)O)CN1C(=O)C1=CN2CCS(=O)(=O)N=C2C=C1. The average molecular weight is 353 g/mol. The molecule has 3 heterocycles. The number of amidine groups is 1. The van der Waals surface area contributed by atoms with Gasteiger partial charge in [0.2, 0.25) is 0 Å². The summed E-state index contributed by atoms with van der Waals surface area (Å²) in [5.41, 5.74) is 0.408. The van der Waals surface area contributed by atoms with Gasteiger partial charge in [0.25, 0.3) is 15.9 Å². The van der Waals surface area contributed by atoms with E-state index in [2.05, 4.69) is 4.40 Å². The van der Waals surface area contributed by atoms with Crippen LogP contribution < -0.4 is 0 Å². The van der Waals surface area contributed by atoms with E-state index in [1.807, 2.05) is 6.92 Å². The Morgan fingerprint density at radius 1 is 1.29 bits per heavy atom. The van der Waals surface area contributed by atoms with Crippen molar-refractivity contribution in [3.63, 3.8) is 0 Å². The van der Waals surface area contributed by atoms with Gasteiger partial charge >= 0.3 is 5.97 Å². The van der Waals surface area contributed by atoms with Gasteiger partial charge in [0.05, 0.1) is 17.2 Å². The Bertz CT molecular complexity index is 768. The molecule has 8 nitrogen and oxygen atoms in total. The Morgan fingerprint density at radius 3 is 2.75 bits per heavy atom. The van der Waals surface area contributed by atoms with E-state index < -0.39 is 21.9 Å². The Morgan fingerprint density at radius 2 is 2.04 bits per heavy atom. The second kappa shape index (κ2) is 6.04. The Kier molecular flexibility index (Phi) is 4.20. The predicted octanol–water partition coefficient (Wildman–Crippen LogP) is 0.196. The molecule has 0 bridgehead atoms. The third kappa shape index (κ3) is 3.21. The molecule has 1 fully saturated rings. The maximum Gasteiger partial charge on any atom is 0.308 e. The number of carboxylic acid groups (broad SMARTS) is 1. The van der Waals surface area contributed by atoms with E-state index in [0.717, 1.165) is 0 Å². The van der Waals surface area contributed by atoms with Crippen molar-refractivity contribution in [2.45, 2.75) is 25.8 Å². The number of rotatable bonds is 2. The zero-order chi connectivity index (χ0) is 17.5. The van der Waals surface area contributed by atoms with Crippen molar-refractivity contribution < 1.29 is 23.1 Å². The molecule has 3 rings (SSSR count). The van der Waals surface area contributed by atoms with Gasteiger partial charge in [0.15, 0.2) is 0 Å². The van der Waals surface area contributed by atoms with Crippen LogP contribution in [0.5, 0.6) is 0 Å². The summed E-state index contributed by atoms with van der Waals surface area (Å²) in [4.78, 5) is 27.2. The van der Waals surface area contributed by atoms with Gasteiger partial charge in [-0.25, -0.2) is 8.42 Å². The smallest absolute Gasteiger partial charge is 0.308 e. The van der Waals surface area contributed by atoms with E-state index in [1.165, 1.54) is 12.2 Å². The summed E-state index contributed by atoms with van der Waals surface area (Å²) < 4.78 is 26.7. The summed E-state index contributed by atoms with van der Waals surface area (Å²) in [6.07, 6.45) is 5.85. The largest absolute Gasteiger partial charge is 0.481 e. The van der Waals surface area contributed by atoms with Crippen LogP contribution in [-0.4, -0.2) is 65.9 Å². The van der Waals surface area contributed by atoms with Crippen LogP contribution in [0, 0.1) is 5.92 Å². The Labute approximate surface area is 140 Å². The number of carbonyl (C=O) groups excluding carboxylic acids is 1. The van der Waals surface area contributed by atoms with Crippen molar-refractivity contribution in [1.82, 2.24) is 9.80 Å². The highest BCUT2D eigenvalue weighted by atomic mass is 32.2. The second-order valence-electron chi connectivity index (χ2n) is 6.27. The Balaban J connectivity index is 1.80. The van der Waals surface area contributed by atoms with Gasteiger partial charge in [-0.1, -0.05) is 0 Å². The van der Waals surface area contributed by atoms with Gasteiger partial charge in [-0.15, -0.1) is 4.40 Å². The molecule has 1 amide bonds. The van der Waals surface area contributed by atoms with Crippen LogP contribution in [0.4, 0.5) is 0 Å². The predicted molar refractivity (Wildman–Crippen MR) is 86.7 cm³/mol. The molecule has 0 aromatic heterocycles. The van der Waals surface area contributed by atoms with Crippen molar-refractivity contribution in [1.29, 1.82) is 0 Å². The fraction of sp³-hybridized carbons (Fsp3) is 0.533. The monoisotopic (exact) mass is 353 g/mol. The molecule has 0 saturated carbocycles. The van der Waals surface area contributed by atoms with Crippen LogP contribution in [0.2, 0.25) is 0 Å². The van der Waals surface area contributed by atoms with E-state index >= 15 is 0 Å². The summed E-state index contributed by atoms with van der Waals surface area (Å²) in [5, 5.41) is 9.19. The van der Waals surface area contributed by atoms with Crippen molar-refractivity contribution in [2.75, 3.05) is 18.8 Å². The zero-order valence-corrected chi connectivity index (χ0v) is 14.1. The van der Waals surface area contributed by atoms with Crippen LogP contribution in [0.3, 0.4) is 0 Å². The molecule has 9 heteroatoms. The highest BCUT2D eigenvalue weighted by Crippen LogP contribution is 2.25. The normalized spacial score (nSPS) is 28.7. The first-order valence-electron chi connectivity index (χ1n) is 7.80. The van der Waals surface area contributed by atoms with E-state index in [9.17, 15) is 23.1 Å². The van der Waals surface area contributed by atoms with E-state index in [4.69, 9.17) is 0 Å². The van der Waals surface area contributed by atoms with Crippen molar-refractivity contribution in [3.05, 3.63) is 23.9 Å². The number of carboxylic acids is 1. The Hall–Kier alpha value is -2.16. The minimum absolute atomic E-state index is 0.0285. The molecule has 0 radical (unpaired) electrons.